The lowest BCUT2D eigenvalue weighted by atomic mass is 9.87. The summed E-state index contributed by atoms with van der Waals surface area (Å²) in [5.74, 6) is 0.203. The minimum Gasteiger partial charge on any atom is -0.481 e. The van der Waals surface area contributed by atoms with Crippen molar-refractivity contribution < 1.29 is 9.90 Å². The van der Waals surface area contributed by atoms with Gasteiger partial charge in [-0.3, -0.25) is 9.69 Å². The van der Waals surface area contributed by atoms with Crippen molar-refractivity contribution in [2.45, 2.75) is 51.6 Å². The number of carboxylic acids is 1. The maximum atomic E-state index is 11.0. The highest BCUT2D eigenvalue weighted by Gasteiger charge is 2.30. The van der Waals surface area contributed by atoms with Crippen LogP contribution in [0, 0.1) is 5.92 Å². The van der Waals surface area contributed by atoms with Crippen molar-refractivity contribution in [3.05, 3.63) is 47.8 Å². The van der Waals surface area contributed by atoms with Crippen molar-refractivity contribution in [2.24, 2.45) is 5.92 Å². The van der Waals surface area contributed by atoms with E-state index in [-0.39, 0.29) is 6.42 Å². The Morgan fingerprint density at radius 3 is 2.62 bits per heavy atom. The fourth-order valence-corrected chi connectivity index (χ4v) is 4.36. The molecule has 29 heavy (non-hydrogen) atoms. The third-order valence-corrected chi connectivity index (χ3v) is 6.04. The summed E-state index contributed by atoms with van der Waals surface area (Å²) in [4.78, 5) is 15.7. The van der Waals surface area contributed by atoms with Crippen molar-refractivity contribution in [1.82, 2.24) is 19.6 Å². The van der Waals surface area contributed by atoms with Gasteiger partial charge in [0.05, 0.1) is 11.9 Å². The predicted octanol–water partition coefficient (Wildman–Crippen LogP) is 3.61. The van der Waals surface area contributed by atoms with E-state index >= 15 is 0 Å². The number of carbonyl (C=O) groups is 1. The molecule has 0 amide bonds. The van der Waals surface area contributed by atoms with Gasteiger partial charge in [-0.15, -0.1) is 0 Å². The number of aliphatic carboxylic acids is 1. The molecular weight excluding hydrogens is 364 g/mol. The molecule has 0 saturated carbocycles. The normalized spacial score (nSPS) is 20.5. The molecule has 0 radical (unpaired) electrons. The first-order valence-electron chi connectivity index (χ1n) is 10.6. The highest BCUT2D eigenvalue weighted by Crippen LogP contribution is 2.26. The number of nitrogens with zero attached hydrogens (tertiary/aromatic N) is 4. The summed E-state index contributed by atoms with van der Waals surface area (Å²) < 4.78 is 1.94. The van der Waals surface area contributed by atoms with Crippen LogP contribution in [0.25, 0.3) is 5.69 Å². The molecule has 1 aliphatic heterocycles. The van der Waals surface area contributed by atoms with Gasteiger partial charge in [-0.2, -0.15) is 5.10 Å². The summed E-state index contributed by atoms with van der Waals surface area (Å²) in [5, 5.41) is 13.6. The third-order valence-electron chi connectivity index (χ3n) is 6.04. The fraction of sp³-hybridized carbons (Fsp3) is 0.565. The fourth-order valence-electron chi connectivity index (χ4n) is 4.36. The van der Waals surface area contributed by atoms with Crippen LogP contribution in [-0.2, 0) is 11.3 Å². The zero-order chi connectivity index (χ0) is 21.0. The molecule has 0 aliphatic carbocycles. The van der Waals surface area contributed by atoms with E-state index in [1.807, 2.05) is 10.9 Å². The van der Waals surface area contributed by atoms with Crippen LogP contribution in [0.1, 0.15) is 50.2 Å². The van der Waals surface area contributed by atoms with E-state index in [9.17, 15) is 4.79 Å². The first-order chi connectivity index (χ1) is 13.8. The molecule has 0 unspecified atom stereocenters. The summed E-state index contributed by atoms with van der Waals surface area (Å²) in [6, 6.07) is 9.03. The van der Waals surface area contributed by atoms with Gasteiger partial charge in [0.1, 0.15) is 0 Å². The Balaban J connectivity index is 1.63. The molecule has 3 rings (SSSR count). The molecular formula is C23H34N4O2. The molecule has 2 aromatic rings. The molecule has 1 aliphatic rings. The van der Waals surface area contributed by atoms with Crippen LogP contribution in [0.3, 0.4) is 0 Å². The van der Waals surface area contributed by atoms with Crippen LogP contribution < -0.4 is 0 Å². The van der Waals surface area contributed by atoms with Gasteiger partial charge in [0.15, 0.2) is 0 Å². The van der Waals surface area contributed by atoms with E-state index in [0.717, 1.165) is 38.2 Å². The van der Waals surface area contributed by atoms with Crippen molar-refractivity contribution in [2.75, 3.05) is 27.2 Å². The Labute approximate surface area is 174 Å². The average molecular weight is 399 g/mol. The Bertz CT molecular complexity index is 797. The lowest BCUT2D eigenvalue weighted by molar-refractivity contribution is -0.137. The molecule has 6 nitrogen and oxygen atoms in total. The van der Waals surface area contributed by atoms with Gasteiger partial charge in [-0.25, -0.2) is 4.68 Å². The SMILES string of the molecule is CC(C)c1ccc(-n2cc(CN3CC[C@@H](N(C)C)[C@@H](CCC(=O)O)C3)cn2)cc1. The lowest BCUT2D eigenvalue weighted by Crippen LogP contribution is -2.48. The lowest BCUT2D eigenvalue weighted by Gasteiger charge is -2.41. The maximum absolute atomic E-state index is 11.0. The van der Waals surface area contributed by atoms with Gasteiger partial charge in [-0.1, -0.05) is 26.0 Å². The average Bonchev–Trinajstić information content (AvgIpc) is 3.14. The summed E-state index contributed by atoms with van der Waals surface area (Å²) >= 11 is 0. The van der Waals surface area contributed by atoms with Crippen LogP contribution >= 0.6 is 0 Å². The molecule has 1 fully saturated rings. The number of hydrogen-bond donors (Lipinski definition) is 1. The quantitative estimate of drug-likeness (QED) is 0.736. The molecule has 6 heteroatoms. The molecule has 2 heterocycles. The molecule has 1 N–H and O–H groups in total. The van der Waals surface area contributed by atoms with Crippen molar-refractivity contribution in [3.8, 4) is 5.69 Å². The zero-order valence-electron chi connectivity index (χ0n) is 18.1. The Kier molecular flexibility index (Phi) is 7.09. The zero-order valence-corrected chi connectivity index (χ0v) is 18.1. The smallest absolute Gasteiger partial charge is 0.303 e. The largest absolute Gasteiger partial charge is 0.481 e. The van der Waals surface area contributed by atoms with Gasteiger partial charge in [0, 0.05) is 37.3 Å². The van der Waals surface area contributed by atoms with Gasteiger partial charge in [-0.05, 0) is 63.0 Å². The standard InChI is InChI=1S/C23H34N4O2/c1-17(2)19-5-8-21(9-6-19)27-15-18(13-24-27)14-26-12-11-22(25(3)4)20(16-26)7-10-23(28)29/h5-6,8-9,13,15,17,20,22H,7,10-12,14,16H2,1-4H3,(H,28,29)/t20-,22+/m0/s1. The summed E-state index contributed by atoms with van der Waals surface area (Å²) in [7, 11) is 4.20. The van der Waals surface area contributed by atoms with E-state index < -0.39 is 5.97 Å². The Hall–Kier alpha value is -2.18. The highest BCUT2D eigenvalue weighted by molar-refractivity contribution is 5.66. The van der Waals surface area contributed by atoms with Gasteiger partial charge in [0.25, 0.3) is 0 Å². The first kappa shape index (κ1) is 21.5. The summed E-state index contributed by atoms with van der Waals surface area (Å²) in [5.41, 5.74) is 3.60. The second-order valence-corrected chi connectivity index (χ2v) is 8.79. The number of carboxylic acid groups (broad SMARTS) is 1. The topological polar surface area (TPSA) is 61.6 Å². The number of rotatable bonds is 8. The van der Waals surface area contributed by atoms with Crippen LogP contribution in [0.15, 0.2) is 36.7 Å². The van der Waals surface area contributed by atoms with Gasteiger partial charge >= 0.3 is 5.97 Å². The second-order valence-electron chi connectivity index (χ2n) is 8.79. The number of piperidine rings is 1. The highest BCUT2D eigenvalue weighted by atomic mass is 16.4. The van der Waals surface area contributed by atoms with Crippen LogP contribution in [0.2, 0.25) is 0 Å². The van der Waals surface area contributed by atoms with Crippen molar-refractivity contribution in [1.29, 1.82) is 0 Å². The summed E-state index contributed by atoms with van der Waals surface area (Å²) in [6.07, 6.45) is 6.10. The Morgan fingerprint density at radius 1 is 1.28 bits per heavy atom. The Morgan fingerprint density at radius 2 is 2.00 bits per heavy atom. The predicted molar refractivity (Wildman–Crippen MR) is 115 cm³/mol. The molecule has 0 spiro atoms. The second kappa shape index (κ2) is 9.55. The third kappa shape index (κ3) is 5.67. The maximum Gasteiger partial charge on any atom is 0.303 e. The van der Waals surface area contributed by atoms with E-state index in [2.05, 4.69) is 73.3 Å². The van der Waals surface area contributed by atoms with Crippen molar-refractivity contribution >= 4 is 5.97 Å². The molecule has 2 atom stereocenters. The minimum atomic E-state index is -0.704. The number of likely N-dealkylation sites (tertiary alicyclic amines) is 1. The molecule has 1 aromatic heterocycles. The van der Waals surface area contributed by atoms with Crippen LogP contribution in [-0.4, -0.2) is 63.9 Å². The summed E-state index contributed by atoms with van der Waals surface area (Å²) in [6.45, 7) is 7.22. The van der Waals surface area contributed by atoms with E-state index in [4.69, 9.17) is 5.11 Å². The number of benzene rings is 1. The molecule has 1 saturated heterocycles. The van der Waals surface area contributed by atoms with E-state index in [1.54, 1.807) is 0 Å². The molecule has 158 valence electrons. The van der Waals surface area contributed by atoms with Crippen LogP contribution in [0.4, 0.5) is 0 Å². The number of hydrogen-bond acceptors (Lipinski definition) is 4. The van der Waals surface area contributed by atoms with E-state index in [0.29, 0.717) is 17.9 Å². The first-order valence-corrected chi connectivity index (χ1v) is 10.6. The minimum absolute atomic E-state index is 0.243. The molecule has 0 bridgehead atoms. The van der Waals surface area contributed by atoms with Crippen LogP contribution in [0.5, 0.6) is 0 Å². The molecule has 1 aromatic carbocycles. The van der Waals surface area contributed by atoms with Gasteiger partial charge in [0.2, 0.25) is 0 Å². The monoisotopic (exact) mass is 398 g/mol. The van der Waals surface area contributed by atoms with Crippen molar-refractivity contribution in [3.63, 3.8) is 0 Å². The van der Waals surface area contributed by atoms with Gasteiger partial charge < -0.3 is 10.0 Å². The number of aromatic nitrogens is 2. The van der Waals surface area contributed by atoms with E-state index in [1.165, 1.54) is 11.1 Å².